The van der Waals surface area contributed by atoms with E-state index >= 15 is 0 Å². The van der Waals surface area contributed by atoms with Crippen LogP contribution in [0.3, 0.4) is 0 Å². The Hall–Kier alpha value is -1.36. The molecule has 1 aliphatic rings. The molecule has 0 aromatic carbocycles. The van der Waals surface area contributed by atoms with E-state index in [9.17, 15) is 4.79 Å². The van der Waals surface area contributed by atoms with E-state index in [0.29, 0.717) is 0 Å². The number of nitrogens with one attached hydrogen (secondary N) is 1. The molecule has 1 aliphatic carbocycles. The van der Waals surface area contributed by atoms with Gasteiger partial charge in [0, 0.05) is 13.2 Å². The van der Waals surface area contributed by atoms with Crippen molar-refractivity contribution in [3.05, 3.63) is 11.9 Å². The number of hydrogen-bond acceptors (Lipinski definition) is 3. The first-order valence-corrected chi connectivity index (χ1v) is 6.12. The number of carbonyl (C=O) groups excluding carboxylic acids is 1. The second kappa shape index (κ2) is 4.49. The highest BCUT2D eigenvalue weighted by Crippen LogP contribution is 2.27. The SMILES string of the molecule is Cc1nn(C)cc1NC(=O)C1(N)CCCCC1. The van der Waals surface area contributed by atoms with Gasteiger partial charge in [-0.1, -0.05) is 19.3 Å². The zero-order valence-corrected chi connectivity index (χ0v) is 10.5. The molecule has 3 N–H and O–H groups in total. The lowest BCUT2D eigenvalue weighted by Crippen LogP contribution is -2.52. The van der Waals surface area contributed by atoms with Crippen LogP contribution in [-0.2, 0) is 11.8 Å². The fourth-order valence-electron chi connectivity index (χ4n) is 2.38. The Labute approximate surface area is 101 Å². The van der Waals surface area contributed by atoms with Gasteiger partial charge >= 0.3 is 0 Å². The monoisotopic (exact) mass is 236 g/mol. The highest BCUT2D eigenvalue weighted by molar-refractivity contribution is 5.98. The Balaban J connectivity index is 2.08. The van der Waals surface area contributed by atoms with Gasteiger partial charge in [-0.3, -0.25) is 9.48 Å². The molecule has 1 heterocycles. The van der Waals surface area contributed by atoms with Crippen LogP contribution in [0.4, 0.5) is 5.69 Å². The van der Waals surface area contributed by atoms with Crippen LogP contribution in [0.1, 0.15) is 37.8 Å². The van der Waals surface area contributed by atoms with Gasteiger partial charge in [-0.05, 0) is 19.8 Å². The zero-order chi connectivity index (χ0) is 12.5. The Morgan fingerprint density at radius 3 is 2.65 bits per heavy atom. The van der Waals surface area contributed by atoms with Crippen molar-refractivity contribution in [3.63, 3.8) is 0 Å². The largest absolute Gasteiger partial charge is 0.322 e. The standard InChI is InChI=1S/C12H20N4O/c1-9-10(8-16(2)15-9)14-11(17)12(13)6-4-3-5-7-12/h8H,3-7,13H2,1-2H3,(H,14,17). The van der Waals surface area contributed by atoms with Crippen molar-refractivity contribution in [2.24, 2.45) is 12.8 Å². The fraction of sp³-hybridized carbons (Fsp3) is 0.667. The molecule has 1 saturated carbocycles. The molecule has 0 bridgehead atoms. The summed E-state index contributed by atoms with van der Waals surface area (Å²) in [4.78, 5) is 12.2. The van der Waals surface area contributed by atoms with Crippen LogP contribution in [0, 0.1) is 6.92 Å². The van der Waals surface area contributed by atoms with Crippen LogP contribution in [0.25, 0.3) is 0 Å². The van der Waals surface area contributed by atoms with E-state index in [2.05, 4.69) is 10.4 Å². The minimum Gasteiger partial charge on any atom is -0.322 e. The summed E-state index contributed by atoms with van der Waals surface area (Å²) in [5.74, 6) is -0.0756. The van der Waals surface area contributed by atoms with Crippen molar-refractivity contribution in [2.75, 3.05) is 5.32 Å². The van der Waals surface area contributed by atoms with E-state index in [4.69, 9.17) is 5.73 Å². The van der Waals surface area contributed by atoms with Crippen molar-refractivity contribution < 1.29 is 4.79 Å². The van der Waals surface area contributed by atoms with Gasteiger partial charge in [-0.25, -0.2) is 0 Å². The lowest BCUT2D eigenvalue weighted by Gasteiger charge is -2.31. The number of rotatable bonds is 2. The number of aromatic nitrogens is 2. The molecule has 0 aliphatic heterocycles. The highest BCUT2D eigenvalue weighted by atomic mass is 16.2. The number of carbonyl (C=O) groups is 1. The normalized spacial score (nSPS) is 19.0. The molecular formula is C12H20N4O. The van der Waals surface area contributed by atoms with Crippen LogP contribution in [0.5, 0.6) is 0 Å². The maximum Gasteiger partial charge on any atom is 0.244 e. The van der Waals surface area contributed by atoms with Gasteiger partial charge in [-0.2, -0.15) is 5.10 Å². The molecule has 0 unspecified atom stereocenters. The summed E-state index contributed by atoms with van der Waals surface area (Å²) in [5, 5.41) is 7.09. The van der Waals surface area contributed by atoms with Crippen LogP contribution in [0.15, 0.2) is 6.20 Å². The molecule has 5 nitrogen and oxygen atoms in total. The van der Waals surface area contributed by atoms with Gasteiger partial charge in [0.2, 0.25) is 5.91 Å². The maximum atomic E-state index is 12.2. The topological polar surface area (TPSA) is 72.9 Å². The van der Waals surface area contributed by atoms with Gasteiger partial charge < -0.3 is 11.1 Å². The third-order valence-corrected chi connectivity index (χ3v) is 3.46. The number of amides is 1. The second-order valence-corrected chi connectivity index (χ2v) is 4.97. The molecule has 17 heavy (non-hydrogen) atoms. The molecule has 2 rings (SSSR count). The van der Waals surface area contributed by atoms with Crippen molar-refractivity contribution in [1.29, 1.82) is 0 Å². The summed E-state index contributed by atoms with van der Waals surface area (Å²) in [6, 6.07) is 0. The second-order valence-electron chi connectivity index (χ2n) is 4.97. The molecule has 5 heteroatoms. The average molecular weight is 236 g/mol. The number of nitrogens with two attached hydrogens (primary N) is 1. The first-order valence-electron chi connectivity index (χ1n) is 6.12. The summed E-state index contributed by atoms with van der Waals surface area (Å²) in [6.07, 6.45) is 6.61. The minimum absolute atomic E-state index is 0.0756. The molecule has 94 valence electrons. The van der Waals surface area contributed by atoms with E-state index in [0.717, 1.165) is 37.1 Å². The Kier molecular flexibility index (Phi) is 3.19. The smallest absolute Gasteiger partial charge is 0.244 e. The molecule has 1 aromatic rings. The van der Waals surface area contributed by atoms with E-state index in [1.165, 1.54) is 6.42 Å². The van der Waals surface area contributed by atoms with Crippen LogP contribution >= 0.6 is 0 Å². The zero-order valence-electron chi connectivity index (χ0n) is 10.5. The Bertz CT molecular complexity index is 418. The van der Waals surface area contributed by atoms with Crippen LogP contribution < -0.4 is 11.1 Å². The molecule has 0 radical (unpaired) electrons. The molecule has 0 atom stereocenters. The summed E-state index contributed by atoms with van der Waals surface area (Å²) in [7, 11) is 1.83. The Morgan fingerprint density at radius 1 is 1.47 bits per heavy atom. The first-order chi connectivity index (χ1) is 8.01. The predicted octanol–water partition coefficient (Wildman–Crippen LogP) is 1.33. The number of hydrogen-bond donors (Lipinski definition) is 2. The van der Waals surface area contributed by atoms with Gasteiger partial charge in [-0.15, -0.1) is 0 Å². The summed E-state index contributed by atoms with van der Waals surface area (Å²) in [6.45, 7) is 1.87. The highest BCUT2D eigenvalue weighted by Gasteiger charge is 2.35. The fourth-order valence-corrected chi connectivity index (χ4v) is 2.38. The van der Waals surface area contributed by atoms with Gasteiger partial charge in [0.05, 0.1) is 16.9 Å². The Morgan fingerprint density at radius 2 is 2.12 bits per heavy atom. The molecule has 1 aromatic heterocycles. The van der Waals surface area contributed by atoms with Crippen molar-refractivity contribution in [2.45, 2.75) is 44.6 Å². The minimum atomic E-state index is -0.694. The molecule has 0 saturated heterocycles. The maximum absolute atomic E-state index is 12.2. The summed E-state index contributed by atoms with van der Waals surface area (Å²) < 4.78 is 1.69. The van der Waals surface area contributed by atoms with E-state index in [-0.39, 0.29) is 5.91 Å². The van der Waals surface area contributed by atoms with E-state index < -0.39 is 5.54 Å². The number of nitrogens with zero attached hydrogens (tertiary/aromatic N) is 2. The quantitative estimate of drug-likeness (QED) is 0.813. The molecule has 0 spiro atoms. The lowest BCUT2D eigenvalue weighted by molar-refractivity contribution is -0.122. The van der Waals surface area contributed by atoms with Crippen molar-refractivity contribution >= 4 is 11.6 Å². The van der Waals surface area contributed by atoms with Crippen LogP contribution in [-0.4, -0.2) is 21.2 Å². The number of anilines is 1. The first kappa shape index (κ1) is 12.1. The number of aryl methyl sites for hydroxylation is 2. The van der Waals surface area contributed by atoms with Crippen molar-refractivity contribution in [1.82, 2.24) is 9.78 Å². The van der Waals surface area contributed by atoms with Crippen molar-refractivity contribution in [3.8, 4) is 0 Å². The predicted molar refractivity (Wildman–Crippen MR) is 66.6 cm³/mol. The third kappa shape index (κ3) is 2.49. The molecular weight excluding hydrogens is 216 g/mol. The van der Waals surface area contributed by atoms with Gasteiger partial charge in [0.1, 0.15) is 0 Å². The van der Waals surface area contributed by atoms with Gasteiger partial charge in [0.15, 0.2) is 0 Å². The molecule has 1 amide bonds. The van der Waals surface area contributed by atoms with E-state index in [1.54, 1.807) is 10.9 Å². The lowest BCUT2D eigenvalue weighted by atomic mass is 9.82. The molecule has 1 fully saturated rings. The van der Waals surface area contributed by atoms with Crippen LogP contribution in [0.2, 0.25) is 0 Å². The summed E-state index contributed by atoms with van der Waals surface area (Å²) in [5.41, 5.74) is 7.05. The van der Waals surface area contributed by atoms with Gasteiger partial charge in [0.25, 0.3) is 0 Å². The summed E-state index contributed by atoms with van der Waals surface area (Å²) >= 11 is 0. The average Bonchev–Trinajstić information content (AvgIpc) is 2.58. The van der Waals surface area contributed by atoms with E-state index in [1.807, 2.05) is 14.0 Å². The third-order valence-electron chi connectivity index (χ3n) is 3.46.